The lowest BCUT2D eigenvalue weighted by Gasteiger charge is -2.38. The van der Waals surface area contributed by atoms with E-state index in [4.69, 9.17) is 0 Å². The molecule has 2 amide bonds. The summed E-state index contributed by atoms with van der Waals surface area (Å²) < 4.78 is 1.78. The zero-order valence-electron chi connectivity index (χ0n) is 23.1. The molecule has 1 aliphatic carbocycles. The Morgan fingerprint density at radius 1 is 0.850 bits per heavy atom. The number of nitrogens with zero attached hydrogens (tertiary/aromatic N) is 2. The maximum Gasteiger partial charge on any atom is 0.272 e. The number of aliphatic hydroxyl groups excluding tert-OH is 1. The van der Waals surface area contributed by atoms with Gasteiger partial charge in [0.25, 0.3) is 11.8 Å². The topological polar surface area (TPSA) is 98.6 Å². The number of carbonyl (C=O) groups is 2. The van der Waals surface area contributed by atoms with Crippen molar-refractivity contribution in [1.82, 2.24) is 9.47 Å². The number of allylic oxidation sites excluding steroid dienone is 3. The van der Waals surface area contributed by atoms with Gasteiger partial charge in [0.1, 0.15) is 5.69 Å². The standard InChI is InChI=1S/C32H37N5O3/c1-22-20-24(5-14-29(22)37-18-15-23(21-38)16-19-37)31(39)34-27-10-6-25(7-11-27)33-26-8-12-28(13-9-26)35-32(40)30-4-3-17-36(30)2/h3-14,17,22-23,33,38H,15-16,18-21H2,1-2H3,(H,34,39)(H,35,40). The number of piperidine rings is 1. The Bertz CT molecular complexity index is 1400. The van der Waals surface area contributed by atoms with E-state index >= 15 is 0 Å². The van der Waals surface area contributed by atoms with Gasteiger partial charge >= 0.3 is 0 Å². The predicted molar refractivity (Wildman–Crippen MR) is 159 cm³/mol. The zero-order chi connectivity index (χ0) is 28.1. The van der Waals surface area contributed by atoms with Gasteiger partial charge in [-0.2, -0.15) is 0 Å². The van der Waals surface area contributed by atoms with Crippen molar-refractivity contribution < 1.29 is 14.7 Å². The van der Waals surface area contributed by atoms with E-state index in [2.05, 4.69) is 33.9 Å². The molecule has 1 fully saturated rings. The van der Waals surface area contributed by atoms with Crippen molar-refractivity contribution in [2.75, 3.05) is 35.6 Å². The molecule has 4 N–H and O–H groups in total. The Kier molecular flexibility index (Phi) is 8.36. The van der Waals surface area contributed by atoms with Crippen LogP contribution in [0.3, 0.4) is 0 Å². The number of aryl methyl sites for hydroxylation is 1. The number of aromatic nitrogens is 1. The minimum atomic E-state index is -0.153. The van der Waals surface area contributed by atoms with Crippen molar-refractivity contribution in [1.29, 1.82) is 0 Å². The second-order valence-electron chi connectivity index (χ2n) is 10.7. The van der Waals surface area contributed by atoms with Crippen molar-refractivity contribution in [3.63, 3.8) is 0 Å². The van der Waals surface area contributed by atoms with Gasteiger partial charge in [-0.1, -0.05) is 13.0 Å². The van der Waals surface area contributed by atoms with E-state index in [1.165, 1.54) is 5.70 Å². The summed E-state index contributed by atoms with van der Waals surface area (Å²) in [5.41, 5.74) is 5.90. The first-order valence-corrected chi connectivity index (χ1v) is 13.9. The number of likely N-dealkylation sites (tertiary alicyclic amines) is 1. The molecule has 0 spiro atoms. The number of anilines is 4. The lowest BCUT2D eigenvalue weighted by molar-refractivity contribution is -0.113. The normalized spacial score (nSPS) is 17.6. The van der Waals surface area contributed by atoms with Crippen LogP contribution in [0.2, 0.25) is 0 Å². The van der Waals surface area contributed by atoms with Crippen LogP contribution in [0.15, 0.2) is 90.3 Å². The Morgan fingerprint density at radius 3 is 1.95 bits per heavy atom. The molecule has 1 atom stereocenters. The first kappa shape index (κ1) is 27.3. The molecule has 3 aromatic rings. The van der Waals surface area contributed by atoms with Gasteiger partial charge in [-0.25, -0.2) is 0 Å². The molecule has 0 saturated carbocycles. The highest BCUT2D eigenvalue weighted by molar-refractivity contribution is 6.04. The highest BCUT2D eigenvalue weighted by atomic mass is 16.3. The van der Waals surface area contributed by atoms with E-state index in [1.807, 2.05) is 73.9 Å². The highest BCUT2D eigenvalue weighted by Gasteiger charge is 2.26. The van der Waals surface area contributed by atoms with Crippen LogP contribution >= 0.6 is 0 Å². The molecule has 8 nitrogen and oxygen atoms in total. The number of benzene rings is 2. The van der Waals surface area contributed by atoms with E-state index in [1.54, 1.807) is 10.6 Å². The second kappa shape index (κ2) is 12.3. The molecule has 5 rings (SSSR count). The minimum Gasteiger partial charge on any atom is -0.396 e. The van der Waals surface area contributed by atoms with Crippen molar-refractivity contribution in [2.45, 2.75) is 26.2 Å². The number of rotatable bonds is 8. The largest absolute Gasteiger partial charge is 0.396 e. The SMILES string of the molecule is CC1CC(C(=O)Nc2ccc(Nc3ccc(NC(=O)c4cccn4C)cc3)cc2)=CC=C1N1CCC(CO)CC1. The first-order valence-electron chi connectivity index (χ1n) is 13.9. The minimum absolute atomic E-state index is 0.0742. The second-order valence-corrected chi connectivity index (χ2v) is 10.7. The Hall–Kier alpha value is -4.30. The van der Waals surface area contributed by atoms with E-state index in [0.29, 0.717) is 18.0 Å². The van der Waals surface area contributed by atoms with Crippen LogP contribution in [0.25, 0.3) is 0 Å². The van der Waals surface area contributed by atoms with Crippen molar-refractivity contribution in [3.8, 4) is 0 Å². The zero-order valence-corrected chi connectivity index (χ0v) is 23.1. The fourth-order valence-electron chi connectivity index (χ4n) is 5.36. The quantitative estimate of drug-likeness (QED) is 0.302. The molecule has 208 valence electrons. The summed E-state index contributed by atoms with van der Waals surface area (Å²) in [6.07, 6.45) is 8.61. The molecule has 2 aliphatic rings. The molecular formula is C32H37N5O3. The van der Waals surface area contributed by atoms with Crippen LogP contribution in [0.1, 0.15) is 36.7 Å². The third kappa shape index (κ3) is 6.46. The van der Waals surface area contributed by atoms with Gasteiger partial charge in [0.05, 0.1) is 0 Å². The fourth-order valence-corrected chi connectivity index (χ4v) is 5.36. The molecule has 2 aromatic carbocycles. The van der Waals surface area contributed by atoms with E-state index in [9.17, 15) is 14.7 Å². The average molecular weight is 540 g/mol. The molecule has 0 radical (unpaired) electrons. The van der Waals surface area contributed by atoms with E-state index in [-0.39, 0.29) is 24.3 Å². The van der Waals surface area contributed by atoms with Crippen LogP contribution < -0.4 is 16.0 Å². The molecule has 0 bridgehead atoms. The number of hydrogen-bond acceptors (Lipinski definition) is 5. The van der Waals surface area contributed by atoms with Crippen LogP contribution in [-0.2, 0) is 11.8 Å². The van der Waals surface area contributed by atoms with Gasteiger partial charge < -0.3 is 30.5 Å². The summed E-state index contributed by atoms with van der Waals surface area (Å²) in [4.78, 5) is 27.8. The Labute approximate surface area is 235 Å². The predicted octanol–water partition coefficient (Wildman–Crippen LogP) is 5.51. The van der Waals surface area contributed by atoms with Crippen LogP contribution in [0, 0.1) is 11.8 Å². The molecular weight excluding hydrogens is 502 g/mol. The lowest BCUT2D eigenvalue weighted by Crippen LogP contribution is -2.37. The molecule has 40 heavy (non-hydrogen) atoms. The number of nitrogens with one attached hydrogen (secondary N) is 3. The molecule has 1 unspecified atom stereocenters. The van der Waals surface area contributed by atoms with Gasteiger partial charge in [0.15, 0.2) is 0 Å². The summed E-state index contributed by atoms with van der Waals surface area (Å²) in [6, 6.07) is 18.8. The van der Waals surface area contributed by atoms with Crippen molar-refractivity contribution in [2.24, 2.45) is 18.9 Å². The van der Waals surface area contributed by atoms with Gasteiger partial charge in [0.2, 0.25) is 0 Å². The van der Waals surface area contributed by atoms with Gasteiger partial charge in [-0.05, 0) is 91.9 Å². The summed E-state index contributed by atoms with van der Waals surface area (Å²) in [5, 5.41) is 18.7. The summed E-state index contributed by atoms with van der Waals surface area (Å²) in [7, 11) is 1.84. The number of amides is 2. The Morgan fingerprint density at radius 2 is 1.43 bits per heavy atom. The smallest absolute Gasteiger partial charge is 0.272 e. The third-order valence-electron chi connectivity index (χ3n) is 7.77. The lowest BCUT2D eigenvalue weighted by atomic mass is 9.89. The van der Waals surface area contributed by atoms with E-state index in [0.717, 1.165) is 54.3 Å². The van der Waals surface area contributed by atoms with Crippen molar-refractivity contribution in [3.05, 3.63) is 96.0 Å². The molecule has 8 heteroatoms. The van der Waals surface area contributed by atoms with Crippen LogP contribution in [-0.4, -0.2) is 46.1 Å². The van der Waals surface area contributed by atoms with E-state index < -0.39 is 0 Å². The summed E-state index contributed by atoms with van der Waals surface area (Å²) >= 11 is 0. The summed E-state index contributed by atoms with van der Waals surface area (Å²) in [6.45, 7) is 4.37. The molecule has 1 aliphatic heterocycles. The summed E-state index contributed by atoms with van der Waals surface area (Å²) in [5.74, 6) is 0.462. The maximum absolute atomic E-state index is 13.0. The monoisotopic (exact) mass is 539 g/mol. The van der Waals surface area contributed by atoms with Gasteiger partial charge in [-0.3, -0.25) is 9.59 Å². The highest BCUT2D eigenvalue weighted by Crippen LogP contribution is 2.31. The fraction of sp³-hybridized carbons (Fsp3) is 0.312. The molecule has 1 saturated heterocycles. The third-order valence-corrected chi connectivity index (χ3v) is 7.77. The average Bonchev–Trinajstić information content (AvgIpc) is 3.41. The Balaban J connectivity index is 1.13. The van der Waals surface area contributed by atoms with Gasteiger partial charge in [-0.15, -0.1) is 0 Å². The first-order chi connectivity index (χ1) is 19.4. The maximum atomic E-state index is 13.0. The van der Waals surface area contributed by atoms with Crippen LogP contribution in [0.4, 0.5) is 22.7 Å². The number of aliphatic hydroxyl groups is 1. The van der Waals surface area contributed by atoms with Crippen LogP contribution in [0.5, 0.6) is 0 Å². The number of carbonyl (C=O) groups excluding carboxylic acids is 2. The molecule has 1 aromatic heterocycles. The molecule has 2 heterocycles. The van der Waals surface area contributed by atoms with Gasteiger partial charge in [0, 0.05) is 72.9 Å². The number of hydrogen-bond donors (Lipinski definition) is 4. The van der Waals surface area contributed by atoms with Crippen molar-refractivity contribution >= 4 is 34.6 Å².